The first-order valence-electron chi connectivity index (χ1n) is 12.9. The third kappa shape index (κ3) is 5.70. The number of nitrogens with one attached hydrogen (secondary N) is 4. The lowest BCUT2D eigenvalue weighted by atomic mass is 9.88. The van der Waals surface area contributed by atoms with Crippen molar-refractivity contribution in [1.82, 2.24) is 21.3 Å². The van der Waals surface area contributed by atoms with Crippen LogP contribution in [0.2, 0.25) is 0 Å². The van der Waals surface area contributed by atoms with E-state index in [0.29, 0.717) is 17.7 Å². The molecule has 0 aliphatic heterocycles. The smallest absolute Gasteiger partial charge is 0.188 e. The van der Waals surface area contributed by atoms with Crippen molar-refractivity contribution in [3.8, 4) is 0 Å². The first-order valence-corrected chi connectivity index (χ1v) is 14.5. The Labute approximate surface area is 226 Å². The van der Waals surface area contributed by atoms with Crippen LogP contribution in [0.5, 0.6) is 0 Å². The number of hydrogen-bond donors (Lipinski definition) is 4. The molecule has 0 saturated heterocycles. The van der Waals surface area contributed by atoms with Gasteiger partial charge in [-0.2, -0.15) is 0 Å². The molecular formula is C31H38N4O2S. The first kappa shape index (κ1) is 27.6. The Morgan fingerprint density at radius 3 is 1.76 bits per heavy atom. The van der Waals surface area contributed by atoms with Crippen molar-refractivity contribution in [2.45, 2.75) is 34.1 Å². The molecule has 0 amide bonds. The van der Waals surface area contributed by atoms with E-state index in [1.807, 2.05) is 101 Å². The molecule has 0 spiro atoms. The van der Waals surface area contributed by atoms with Gasteiger partial charge < -0.3 is 21.3 Å². The zero-order chi connectivity index (χ0) is 27.2. The quantitative estimate of drug-likeness (QED) is 0.346. The van der Waals surface area contributed by atoms with Crippen LogP contribution < -0.4 is 21.3 Å². The summed E-state index contributed by atoms with van der Waals surface area (Å²) in [6.07, 6.45) is 21.4. The van der Waals surface area contributed by atoms with Crippen molar-refractivity contribution in [3.05, 3.63) is 115 Å². The summed E-state index contributed by atoms with van der Waals surface area (Å²) in [7, 11) is 3.81. The fourth-order valence-electron chi connectivity index (χ4n) is 4.86. The van der Waals surface area contributed by atoms with Crippen LogP contribution in [0.4, 0.5) is 0 Å². The van der Waals surface area contributed by atoms with Crippen LogP contribution in [0.3, 0.4) is 0 Å². The predicted molar refractivity (Wildman–Crippen MR) is 159 cm³/mol. The maximum absolute atomic E-state index is 14.3. The molecule has 0 saturated carbocycles. The van der Waals surface area contributed by atoms with Crippen molar-refractivity contribution in [1.29, 1.82) is 0 Å². The van der Waals surface area contributed by atoms with Crippen molar-refractivity contribution >= 4 is 20.6 Å². The Morgan fingerprint density at radius 1 is 0.763 bits per heavy atom. The average Bonchev–Trinajstić information content (AvgIpc) is 2.97. The number of likely N-dealkylation sites (N-methyl/N-ethyl adjacent to an activating group) is 4. The summed E-state index contributed by atoms with van der Waals surface area (Å²) in [4.78, 5) is 0.333. The Bertz CT molecular complexity index is 1390. The largest absolute Gasteiger partial charge is 0.388 e. The van der Waals surface area contributed by atoms with Gasteiger partial charge in [0.25, 0.3) is 0 Å². The zero-order valence-corrected chi connectivity index (χ0v) is 23.3. The molecule has 2 atom stereocenters. The molecule has 2 aliphatic carbocycles. The van der Waals surface area contributed by atoms with Gasteiger partial charge >= 0.3 is 0 Å². The summed E-state index contributed by atoms with van der Waals surface area (Å²) in [6, 6.07) is 13.1. The Morgan fingerprint density at radius 2 is 1.29 bits per heavy atom. The first-order chi connectivity index (χ1) is 18.3. The topological polar surface area (TPSA) is 82.3 Å². The van der Waals surface area contributed by atoms with Gasteiger partial charge in [0.15, 0.2) is 9.84 Å². The van der Waals surface area contributed by atoms with Gasteiger partial charge in [-0.3, -0.25) is 0 Å². The van der Waals surface area contributed by atoms with Crippen LogP contribution in [-0.4, -0.2) is 52.9 Å². The molecule has 0 fully saturated rings. The van der Waals surface area contributed by atoms with Crippen molar-refractivity contribution in [2.24, 2.45) is 0 Å². The van der Waals surface area contributed by atoms with E-state index >= 15 is 0 Å². The SMILES string of the molecule is CNC1=CCC(C=CC(C=CC2(NC)C=CC(NC)=CC2)S(=O)(=O)c2cccc3ccccc23)(NC)C=C1. The number of sulfone groups is 1. The summed E-state index contributed by atoms with van der Waals surface area (Å²) < 4.78 is 28.5. The summed E-state index contributed by atoms with van der Waals surface area (Å²) in [6.45, 7) is 0. The van der Waals surface area contributed by atoms with Gasteiger partial charge in [0.2, 0.25) is 0 Å². The van der Waals surface area contributed by atoms with Crippen LogP contribution in [0.1, 0.15) is 12.8 Å². The third-order valence-electron chi connectivity index (χ3n) is 7.53. The van der Waals surface area contributed by atoms with E-state index in [2.05, 4.69) is 45.6 Å². The monoisotopic (exact) mass is 530 g/mol. The second-order valence-corrected chi connectivity index (χ2v) is 11.8. The molecule has 2 unspecified atom stereocenters. The van der Waals surface area contributed by atoms with Gasteiger partial charge in [-0.25, -0.2) is 8.42 Å². The number of fused-ring (bicyclic) bond motifs is 1. The standard InChI is InChI=1S/C31H38N4O2S/c1-32-25-12-18-30(34-3,19-13-25)22-16-27(17-23-31(35-4)20-14-26(33-2)15-21-31)38(36,37)29-11-7-9-24-8-5-6-10-28(24)29/h5-18,20,22-23,27,32-35H,19,21H2,1-4H3. The van der Waals surface area contributed by atoms with Crippen LogP contribution >= 0.6 is 0 Å². The van der Waals surface area contributed by atoms with Crippen molar-refractivity contribution in [3.63, 3.8) is 0 Å². The molecule has 2 aromatic carbocycles. The minimum absolute atomic E-state index is 0.333. The van der Waals surface area contributed by atoms with Gasteiger partial charge in [-0.1, -0.05) is 85.0 Å². The van der Waals surface area contributed by atoms with Crippen LogP contribution in [-0.2, 0) is 9.84 Å². The number of allylic oxidation sites excluding steroid dienone is 2. The van der Waals surface area contributed by atoms with E-state index in [9.17, 15) is 8.42 Å². The molecule has 4 rings (SSSR count). The highest BCUT2D eigenvalue weighted by Crippen LogP contribution is 2.30. The second kappa shape index (κ2) is 11.6. The predicted octanol–water partition coefficient (Wildman–Crippen LogP) is 4.14. The lowest BCUT2D eigenvalue weighted by Crippen LogP contribution is -2.41. The summed E-state index contributed by atoms with van der Waals surface area (Å²) in [5.41, 5.74) is 1.13. The van der Waals surface area contributed by atoms with E-state index < -0.39 is 26.2 Å². The van der Waals surface area contributed by atoms with Gasteiger partial charge in [0.1, 0.15) is 5.25 Å². The zero-order valence-electron chi connectivity index (χ0n) is 22.5. The fraction of sp³-hybridized carbons (Fsp3) is 0.290. The fourth-order valence-corrected chi connectivity index (χ4v) is 6.48. The highest BCUT2D eigenvalue weighted by atomic mass is 32.2. The minimum Gasteiger partial charge on any atom is -0.388 e. The number of benzene rings is 2. The average molecular weight is 531 g/mol. The molecular weight excluding hydrogens is 492 g/mol. The minimum atomic E-state index is -3.76. The van der Waals surface area contributed by atoms with Gasteiger partial charge in [-0.15, -0.1) is 0 Å². The van der Waals surface area contributed by atoms with E-state index in [1.165, 1.54) is 0 Å². The van der Waals surface area contributed by atoms with Gasteiger partial charge in [-0.05, 0) is 50.5 Å². The molecule has 6 nitrogen and oxygen atoms in total. The molecule has 0 aromatic heterocycles. The van der Waals surface area contributed by atoms with Gasteiger partial charge in [0.05, 0.1) is 16.0 Å². The van der Waals surface area contributed by atoms with E-state index in [4.69, 9.17) is 0 Å². The Kier molecular flexibility index (Phi) is 8.41. The van der Waals surface area contributed by atoms with E-state index in [-0.39, 0.29) is 0 Å². The summed E-state index contributed by atoms with van der Waals surface area (Å²) in [5, 5.41) is 13.8. The summed E-state index contributed by atoms with van der Waals surface area (Å²) >= 11 is 0. The molecule has 7 heteroatoms. The van der Waals surface area contributed by atoms with Crippen molar-refractivity contribution in [2.75, 3.05) is 28.2 Å². The summed E-state index contributed by atoms with van der Waals surface area (Å²) in [5.74, 6) is 0. The number of hydrogen-bond acceptors (Lipinski definition) is 6. The number of rotatable bonds is 10. The van der Waals surface area contributed by atoms with Crippen LogP contribution in [0.15, 0.2) is 120 Å². The lowest BCUT2D eigenvalue weighted by molar-refractivity contribution is 0.530. The maximum Gasteiger partial charge on any atom is 0.188 e. The van der Waals surface area contributed by atoms with E-state index in [0.717, 1.165) is 22.2 Å². The molecule has 0 heterocycles. The second-order valence-electron chi connectivity index (χ2n) is 9.68. The van der Waals surface area contributed by atoms with Crippen LogP contribution in [0.25, 0.3) is 10.8 Å². The van der Waals surface area contributed by atoms with Gasteiger partial charge in [0, 0.05) is 30.9 Å². The third-order valence-corrected chi connectivity index (χ3v) is 9.53. The highest BCUT2D eigenvalue weighted by Gasteiger charge is 2.30. The Hall–Kier alpha value is -3.39. The van der Waals surface area contributed by atoms with E-state index in [1.54, 1.807) is 6.07 Å². The molecule has 0 radical (unpaired) electrons. The Balaban J connectivity index is 1.77. The highest BCUT2D eigenvalue weighted by molar-refractivity contribution is 7.92. The lowest BCUT2D eigenvalue weighted by Gasteiger charge is -2.30. The molecule has 4 N–H and O–H groups in total. The maximum atomic E-state index is 14.3. The molecule has 38 heavy (non-hydrogen) atoms. The molecule has 2 aromatic rings. The molecule has 2 aliphatic rings. The molecule has 200 valence electrons. The molecule has 0 bridgehead atoms. The van der Waals surface area contributed by atoms with Crippen LogP contribution in [0, 0.1) is 0 Å². The van der Waals surface area contributed by atoms with Crippen molar-refractivity contribution < 1.29 is 8.42 Å². The normalized spacial score (nSPS) is 24.5.